The SMILES string of the molecule is CCCC/C(=C(\c1ccc(C=O)cc1)c1ccc(OC)cc1)c1ccccc1. The van der Waals surface area contributed by atoms with Gasteiger partial charge in [0.05, 0.1) is 7.11 Å². The third kappa shape index (κ3) is 4.58. The van der Waals surface area contributed by atoms with Crippen LogP contribution in [0.3, 0.4) is 0 Å². The van der Waals surface area contributed by atoms with E-state index in [2.05, 4.69) is 43.3 Å². The average Bonchev–Trinajstić information content (AvgIpc) is 2.77. The Morgan fingerprint density at radius 2 is 1.43 bits per heavy atom. The van der Waals surface area contributed by atoms with Gasteiger partial charge in [-0.3, -0.25) is 4.79 Å². The van der Waals surface area contributed by atoms with E-state index in [-0.39, 0.29) is 0 Å². The number of hydrogen-bond acceptors (Lipinski definition) is 2. The number of carbonyl (C=O) groups is 1. The van der Waals surface area contributed by atoms with Gasteiger partial charge in [0.25, 0.3) is 0 Å². The molecule has 2 nitrogen and oxygen atoms in total. The van der Waals surface area contributed by atoms with Crippen molar-refractivity contribution in [2.45, 2.75) is 26.2 Å². The third-order valence-corrected chi connectivity index (χ3v) is 4.92. The van der Waals surface area contributed by atoms with Crippen LogP contribution < -0.4 is 4.74 Å². The van der Waals surface area contributed by atoms with Gasteiger partial charge in [0.15, 0.2) is 0 Å². The zero-order chi connectivity index (χ0) is 19.8. The molecule has 0 bridgehead atoms. The number of rotatable bonds is 8. The van der Waals surface area contributed by atoms with E-state index in [4.69, 9.17) is 4.74 Å². The molecule has 0 aliphatic rings. The summed E-state index contributed by atoms with van der Waals surface area (Å²) >= 11 is 0. The van der Waals surface area contributed by atoms with E-state index in [1.807, 2.05) is 42.5 Å². The van der Waals surface area contributed by atoms with Crippen LogP contribution in [0.25, 0.3) is 11.1 Å². The molecule has 0 saturated carbocycles. The van der Waals surface area contributed by atoms with Crippen molar-refractivity contribution in [2.24, 2.45) is 0 Å². The maximum absolute atomic E-state index is 11.1. The molecule has 0 heterocycles. The van der Waals surface area contributed by atoms with E-state index in [1.54, 1.807) is 7.11 Å². The molecular weight excluding hydrogens is 344 g/mol. The third-order valence-electron chi connectivity index (χ3n) is 4.92. The van der Waals surface area contributed by atoms with Crippen molar-refractivity contribution in [2.75, 3.05) is 7.11 Å². The lowest BCUT2D eigenvalue weighted by molar-refractivity contribution is 0.112. The van der Waals surface area contributed by atoms with Gasteiger partial charge in [0.1, 0.15) is 12.0 Å². The lowest BCUT2D eigenvalue weighted by Gasteiger charge is -2.18. The van der Waals surface area contributed by atoms with Crippen LogP contribution in [0.2, 0.25) is 0 Å². The largest absolute Gasteiger partial charge is 0.497 e. The van der Waals surface area contributed by atoms with Crippen molar-refractivity contribution >= 4 is 17.4 Å². The predicted molar refractivity (Wildman–Crippen MR) is 117 cm³/mol. The first-order valence-electron chi connectivity index (χ1n) is 9.75. The molecule has 142 valence electrons. The Kier molecular flexibility index (Phi) is 6.80. The minimum absolute atomic E-state index is 0.688. The normalized spacial score (nSPS) is 11.6. The van der Waals surface area contributed by atoms with Crippen molar-refractivity contribution in [3.63, 3.8) is 0 Å². The molecule has 0 unspecified atom stereocenters. The van der Waals surface area contributed by atoms with Gasteiger partial charge in [0.2, 0.25) is 0 Å². The second-order valence-electron chi connectivity index (χ2n) is 6.79. The molecule has 0 aliphatic heterocycles. The van der Waals surface area contributed by atoms with Crippen LogP contribution in [-0.4, -0.2) is 13.4 Å². The molecule has 0 aromatic heterocycles. The number of carbonyl (C=O) groups excluding carboxylic acids is 1. The first kappa shape index (κ1) is 19.6. The maximum Gasteiger partial charge on any atom is 0.150 e. The molecule has 3 aromatic rings. The van der Waals surface area contributed by atoms with Crippen molar-refractivity contribution < 1.29 is 9.53 Å². The van der Waals surface area contributed by atoms with Crippen molar-refractivity contribution in [3.8, 4) is 5.75 Å². The Hall–Kier alpha value is -3.13. The Bertz CT molecular complexity index is 920. The minimum atomic E-state index is 0.688. The summed E-state index contributed by atoms with van der Waals surface area (Å²) in [6, 6.07) is 26.6. The second-order valence-corrected chi connectivity index (χ2v) is 6.79. The zero-order valence-corrected chi connectivity index (χ0v) is 16.5. The smallest absolute Gasteiger partial charge is 0.150 e. The van der Waals surface area contributed by atoms with Crippen LogP contribution in [0, 0.1) is 0 Å². The van der Waals surface area contributed by atoms with Gasteiger partial charge in [-0.25, -0.2) is 0 Å². The summed E-state index contributed by atoms with van der Waals surface area (Å²) in [5, 5.41) is 0. The number of unbranched alkanes of at least 4 members (excludes halogenated alkanes) is 1. The first-order chi connectivity index (χ1) is 13.8. The van der Waals surface area contributed by atoms with Crippen molar-refractivity contribution in [3.05, 3.63) is 101 Å². The van der Waals surface area contributed by atoms with Crippen molar-refractivity contribution in [1.82, 2.24) is 0 Å². The van der Waals surface area contributed by atoms with E-state index >= 15 is 0 Å². The number of aldehydes is 1. The highest BCUT2D eigenvalue weighted by Crippen LogP contribution is 2.36. The van der Waals surface area contributed by atoms with Gasteiger partial charge < -0.3 is 4.74 Å². The number of ether oxygens (including phenoxy) is 1. The fourth-order valence-electron chi connectivity index (χ4n) is 3.41. The van der Waals surface area contributed by atoms with Gasteiger partial charge in [0, 0.05) is 5.56 Å². The van der Waals surface area contributed by atoms with Gasteiger partial charge in [-0.1, -0.05) is 80.1 Å². The summed E-state index contributed by atoms with van der Waals surface area (Å²) in [7, 11) is 1.68. The topological polar surface area (TPSA) is 26.3 Å². The maximum atomic E-state index is 11.1. The molecule has 0 radical (unpaired) electrons. The van der Waals surface area contributed by atoms with Gasteiger partial charge in [-0.15, -0.1) is 0 Å². The molecule has 28 heavy (non-hydrogen) atoms. The van der Waals surface area contributed by atoms with Crippen LogP contribution >= 0.6 is 0 Å². The van der Waals surface area contributed by atoms with Gasteiger partial charge in [-0.2, -0.15) is 0 Å². The lowest BCUT2D eigenvalue weighted by Crippen LogP contribution is -1.97. The molecule has 2 heteroatoms. The van der Waals surface area contributed by atoms with Crippen LogP contribution in [0.1, 0.15) is 53.2 Å². The highest BCUT2D eigenvalue weighted by Gasteiger charge is 2.14. The molecule has 0 atom stereocenters. The molecule has 0 saturated heterocycles. The van der Waals surface area contributed by atoms with Crippen molar-refractivity contribution in [1.29, 1.82) is 0 Å². The Labute approximate surface area is 167 Å². The monoisotopic (exact) mass is 370 g/mol. The van der Waals surface area contributed by atoms with E-state index in [0.717, 1.165) is 42.4 Å². The zero-order valence-electron chi connectivity index (χ0n) is 16.5. The van der Waals surface area contributed by atoms with E-state index in [1.165, 1.54) is 16.7 Å². The molecule has 0 fully saturated rings. The summed E-state index contributed by atoms with van der Waals surface area (Å²) in [5.41, 5.74) is 6.72. The second kappa shape index (κ2) is 9.70. The average molecular weight is 370 g/mol. The summed E-state index contributed by atoms with van der Waals surface area (Å²) in [6.45, 7) is 2.22. The van der Waals surface area contributed by atoms with Crippen LogP contribution in [-0.2, 0) is 0 Å². The molecule has 0 spiro atoms. The van der Waals surface area contributed by atoms with Crippen LogP contribution in [0.5, 0.6) is 5.75 Å². The summed E-state index contributed by atoms with van der Waals surface area (Å²) in [4.78, 5) is 11.1. The van der Waals surface area contributed by atoms with Crippen LogP contribution in [0.4, 0.5) is 0 Å². The standard InChI is InChI=1S/C26H26O2/c1-3-4-10-25(21-8-6-5-7-9-21)26(22-13-11-20(19-27)12-14-22)23-15-17-24(28-2)18-16-23/h5-9,11-19H,3-4,10H2,1-2H3/b26-25-. The van der Waals surface area contributed by atoms with Gasteiger partial charge >= 0.3 is 0 Å². The highest BCUT2D eigenvalue weighted by atomic mass is 16.5. The molecular formula is C26H26O2. The quantitative estimate of drug-likeness (QED) is 0.327. The van der Waals surface area contributed by atoms with E-state index in [0.29, 0.717) is 5.56 Å². The first-order valence-corrected chi connectivity index (χ1v) is 9.75. The number of allylic oxidation sites excluding steroid dienone is 1. The molecule has 3 aromatic carbocycles. The summed E-state index contributed by atoms with van der Waals surface area (Å²) in [5.74, 6) is 0.842. The Balaban J connectivity index is 2.23. The summed E-state index contributed by atoms with van der Waals surface area (Å²) in [6.07, 6.45) is 4.14. The molecule has 0 N–H and O–H groups in total. The van der Waals surface area contributed by atoms with Crippen LogP contribution in [0.15, 0.2) is 78.9 Å². The molecule has 3 rings (SSSR count). The van der Waals surface area contributed by atoms with Gasteiger partial charge in [-0.05, 0) is 52.8 Å². The fourth-order valence-corrected chi connectivity index (χ4v) is 3.41. The highest BCUT2D eigenvalue weighted by molar-refractivity contribution is 5.99. The molecule has 0 amide bonds. The molecule has 0 aliphatic carbocycles. The fraction of sp³-hybridized carbons (Fsp3) is 0.192. The minimum Gasteiger partial charge on any atom is -0.497 e. The number of methoxy groups -OCH3 is 1. The lowest BCUT2D eigenvalue weighted by atomic mass is 9.87. The van der Waals surface area contributed by atoms with E-state index < -0.39 is 0 Å². The summed E-state index contributed by atoms with van der Waals surface area (Å²) < 4.78 is 5.34. The number of hydrogen-bond donors (Lipinski definition) is 0. The Morgan fingerprint density at radius 3 is 1.96 bits per heavy atom. The predicted octanol–water partition coefficient (Wildman–Crippen LogP) is 6.66. The Morgan fingerprint density at radius 1 is 0.821 bits per heavy atom. The van der Waals surface area contributed by atoms with E-state index in [9.17, 15) is 4.79 Å². The number of benzene rings is 3.